The quantitative estimate of drug-likeness (QED) is 0.496. The molecule has 0 amide bonds. The van der Waals surface area contributed by atoms with Crippen LogP contribution in [0.4, 0.5) is 0 Å². The van der Waals surface area contributed by atoms with Gasteiger partial charge in [0.2, 0.25) is 4.77 Å². The van der Waals surface area contributed by atoms with Gasteiger partial charge in [0, 0.05) is 10.0 Å². The van der Waals surface area contributed by atoms with Crippen LogP contribution in [0.1, 0.15) is 5.56 Å². The highest BCUT2D eigenvalue weighted by molar-refractivity contribution is 9.10. The normalized spacial score (nSPS) is 11.0. The van der Waals surface area contributed by atoms with E-state index in [-0.39, 0.29) is 0 Å². The molecule has 0 saturated heterocycles. The summed E-state index contributed by atoms with van der Waals surface area (Å²) in [7, 11) is 3.18. The van der Waals surface area contributed by atoms with Crippen LogP contribution < -0.4 is 9.47 Å². The number of methoxy groups -OCH3 is 2. The Morgan fingerprint density at radius 3 is 2.52 bits per heavy atom. The van der Waals surface area contributed by atoms with E-state index in [0.717, 1.165) is 15.6 Å². The van der Waals surface area contributed by atoms with Gasteiger partial charge in [0.05, 0.1) is 20.4 Å². The third-order valence-electron chi connectivity index (χ3n) is 3.48. The van der Waals surface area contributed by atoms with Crippen molar-refractivity contribution in [2.45, 2.75) is 0 Å². The molecule has 0 unspecified atom stereocenters. The molecule has 2 aromatic carbocycles. The van der Waals surface area contributed by atoms with Crippen LogP contribution in [0.25, 0.3) is 11.4 Å². The van der Waals surface area contributed by atoms with Crippen LogP contribution >= 0.6 is 28.1 Å². The van der Waals surface area contributed by atoms with Crippen molar-refractivity contribution >= 4 is 34.4 Å². The number of ether oxygens (including phenoxy) is 2. The maximum Gasteiger partial charge on any atom is 0.216 e. The Bertz CT molecular complexity index is 964. The predicted molar refractivity (Wildman–Crippen MR) is 103 cm³/mol. The summed E-state index contributed by atoms with van der Waals surface area (Å²) in [5.74, 6) is 1.84. The first kappa shape index (κ1) is 17.4. The van der Waals surface area contributed by atoms with Gasteiger partial charge in [0.25, 0.3) is 0 Å². The Labute approximate surface area is 158 Å². The number of H-pyrrole nitrogens is 1. The van der Waals surface area contributed by atoms with Gasteiger partial charge in [-0.2, -0.15) is 14.9 Å². The first-order chi connectivity index (χ1) is 12.1. The Hall–Kier alpha value is -2.45. The number of rotatable bonds is 5. The van der Waals surface area contributed by atoms with Gasteiger partial charge in [-0.05, 0) is 48.1 Å². The lowest BCUT2D eigenvalue weighted by Crippen LogP contribution is -1.96. The molecule has 25 heavy (non-hydrogen) atoms. The van der Waals surface area contributed by atoms with E-state index >= 15 is 0 Å². The molecule has 0 aliphatic heterocycles. The average Bonchev–Trinajstić information content (AvgIpc) is 3.01. The number of benzene rings is 2. The van der Waals surface area contributed by atoms with E-state index in [4.69, 9.17) is 21.7 Å². The number of aromatic amines is 1. The summed E-state index contributed by atoms with van der Waals surface area (Å²) in [5.41, 5.74) is 1.75. The van der Waals surface area contributed by atoms with Crippen molar-refractivity contribution in [1.82, 2.24) is 14.9 Å². The molecule has 0 bridgehead atoms. The van der Waals surface area contributed by atoms with Crippen LogP contribution in [0.2, 0.25) is 0 Å². The number of aromatic nitrogens is 3. The maximum absolute atomic E-state index is 5.34. The molecule has 0 radical (unpaired) electrons. The van der Waals surface area contributed by atoms with Gasteiger partial charge in [-0.3, -0.25) is 0 Å². The minimum absolute atomic E-state index is 0.401. The van der Waals surface area contributed by atoms with E-state index in [0.29, 0.717) is 22.1 Å². The summed E-state index contributed by atoms with van der Waals surface area (Å²) >= 11 is 8.70. The Morgan fingerprint density at radius 1 is 1.12 bits per heavy atom. The molecule has 0 saturated carbocycles. The molecule has 0 fully saturated rings. The molecular weight excluding hydrogens is 404 g/mol. The van der Waals surface area contributed by atoms with Gasteiger partial charge in [0.15, 0.2) is 17.3 Å². The predicted octanol–water partition coefficient (Wildman–Crippen LogP) is 4.27. The second-order valence-electron chi connectivity index (χ2n) is 5.03. The van der Waals surface area contributed by atoms with Crippen molar-refractivity contribution in [1.29, 1.82) is 0 Å². The molecule has 3 aromatic rings. The van der Waals surface area contributed by atoms with Gasteiger partial charge in [-0.15, -0.1) is 0 Å². The van der Waals surface area contributed by atoms with Crippen molar-refractivity contribution in [3.05, 3.63) is 57.3 Å². The van der Waals surface area contributed by atoms with Crippen LogP contribution in [0.5, 0.6) is 11.5 Å². The topological polar surface area (TPSA) is 64.4 Å². The first-order valence-electron chi connectivity index (χ1n) is 7.32. The van der Waals surface area contributed by atoms with E-state index in [1.807, 2.05) is 42.5 Å². The Kier molecular flexibility index (Phi) is 5.30. The molecule has 0 spiro atoms. The fourth-order valence-corrected chi connectivity index (χ4v) is 2.68. The molecular formula is C17H15BrN4O2S. The van der Waals surface area contributed by atoms with E-state index in [2.05, 4.69) is 31.2 Å². The zero-order valence-corrected chi connectivity index (χ0v) is 16.0. The third kappa shape index (κ3) is 3.80. The van der Waals surface area contributed by atoms with Crippen molar-refractivity contribution < 1.29 is 9.47 Å². The van der Waals surface area contributed by atoms with E-state index in [1.54, 1.807) is 25.1 Å². The van der Waals surface area contributed by atoms with Crippen molar-refractivity contribution in [3.63, 3.8) is 0 Å². The Morgan fingerprint density at radius 2 is 1.84 bits per heavy atom. The van der Waals surface area contributed by atoms with Crippen molar-refractivity contribution in [3.8, 4) is 22.9 Å². The summed E-state index contributed by atoms with van der Waals surface area (Å²) in [6.45, 7) is 0. The first-order valence-corrected chi connectivity index (χ1v) is 8.52. The molecule has 1 aromatic heterocycles. The lowest BCUT2D eigenvalue weighted by molar-refractivity contribution is 0.355. The lowest BCUT2D eigenvalue weighted by Gasteiger charge is -2.09. The van der Waals surface area contributed by atoms with Gasteiger partial charge in [-0.25, -0.2) is 5.10 Å². The van der Waals surface area contributed by atoms with E-state index in [1.165, 1.54) is 0 Å². The maximum atomic E-state index is 5.34. The fraction of sp³-hybridized carbons (Fsp3) is 0.118. The molecule has 0 atom stereocenters. The van der Waals surface area contributed by atoms with E-state index in [9.17, 15) is 0 Å². The molecule has 128 valence electrons. The number of hydrogen-bond acceptors (Lipinski definition) is 5. The molecule has 1 heterocycles. The van der Waals surface area contributed by atoms with Gasteiger partial charge < -0.3 is 9.47 Å². The number of nitrogens with one attached hydrogen (secondary N) is 1. The van der Waals surface area contributed by atoms with Crippen LogP contribution in [0.3, 0.4) is 0 Å². The van der Waals surface area contributed by atoms with Crippen LogP contribution in [-0.2, 0) is 0 Å². The van der Waals surface area contributed by atoms with Gasteiger partial charge in [0.1, 0.15) is 0 Å². The van der Waals surface area contributed by atoms with Crippen LogP contribution in [0.15, 0.2) is 52.0 Å². The summed E-state index contributed by atoms with van der Waals surface area (Å²) < 4.78 is 13.6. The largest absolute Gasteiger partial charge is 0.493 e. The van der Waals surface area contributed by atoms with E-state index < -0.39 is 0 Å². The minimum atomic E-state index is 0.401. The molecule has 0 aliphatic carbocycles. The number of halogens is 1. The number of hydrogen-bond donors (Lipinski definition) is 1. The van der Waals surface area contributed by atoms with Crippen LogP contribution in [0, 0.1) is 4.77 Å². The van der Waals surface area contributed by atoms with Crippen molar-refractivity contribution in [2.75, 3.05) is 14.2 Å². The molecule has 0 aliphatic rings. The highest BCUT2D eigenvalue weighted by Gasteiger charge is 2.12. The average molecular weight is 419 g/mol. The van der Waals surface area contributed by atoms with Gasteiger partial charge >= 0.3 is 0 Å². The zero-order chi connectivity index (χ0) is 17.8. The summed E-state index contributed by atoms with van der Waals surface area (Å²) in [6.07, 6.45) is 1.72. The SMILES string of the molecule is COc1ccc(-c2n[nH]c(=S)n2/N=C\c2ccc(Br)cc2)cc1OC. The molecule has 8 heteroatoms. The smallest absolute Gasteiger partial charge is 0.216 e. The number of nitrogens with zero attached hydrogens (tertiary/aromatic N) is 3. The highest BCUT2D eigenvalue weighted by Crippen LogP contribution is 2.31. The van der Waals surface area contributed by atoms with Crippen molar-refractivity contribution in [2.24, 2.45) is 5.10 Å². The minimum Gasteiger partial charge on any atom is -0.493 e. The fourth-order valence-electron chi connectivity index (χ4n) is 2.23. The lowest BCUT2D eigenvalue weighted by atomic mass is 10.2. The Balaban J connectivity index is 1.99. The summed E-state index contributed by atoms with van der Waals surface area (Å²) in [6, 6.07) is 13.3. The zero-order valence-electron chi connectivity index (χ0n) is 13.6. The van der Waals surface area contributed by atoms with Gasteiger partial charge in [-0.1, -0.05) is 28.1 Å². The third-order valence-corrected chi connectivity index (χ3v) is 4.28. The summed E-state index contributed by atoms with van der Waals surface area (Å²) in [5, 5.41) is 11.5. The second kappa shape index (κ2) is 7.62. The monoisotopic (exact) mass is 418 g/mol. The molecule has 1 N–H and O–H groups in total. The standard InChI is InChI=1S/C17H15BrN4O2S/c1-23-14-8-5-12(9-15(14)24-2)16-20-21-17(25)22(16)19-10-11-3-6-13(18)7-4-11/h3-10H,1-2H3,(H,21,25)/b19-10-. The molecule has 6 nitrogen and oxygen atoms in total. The summed E-state index contributed by atoms with van der Waals surface area (Å²) in [4.78, 5) is 0. The highest BCUT2D eigenvalue weighted by atomic mass is 79.9. The molecule has 3 rings (SSSR count). The second-order valence-corrected chi connectivity index (χ2v) is 6.33. The van der Waals surface area contributed by atoms with Crippen LogP contribution in [-0.4, -0.2) is 35.3 Å².